The Bertz CT molecular complexity index is 1980. The van der Waals surface area contributed by atoms with Crippen LogP contribution in [0.3, 0.4) is 0 Å². The molecule has 105 heavy (non-hydrogen) atoms. The number of esters is 4. The lowest BCUT2D eigenvalue weighted by Crippen LogP contribution is -2.30. The van der Waals surface area contributed by atoms with Crippen LogP contribution >= 0.6 is 15.6 Å². The fraction of sp³-hybridized carbons (Fsp3) is 0.953. The second-order valence-electron chi connectivity index (χ2n) is 30.9. The van der Waals surface area contributed by atoms with E-state index in [1.54, 1.807) is 0 Å². The van der Waals surface area contributed by atoms with Crippen molar-refractivity contribution in [1.29, 1.82) is 0 Å². The van der Waals surface area contributed by atoms with Crippen molar-refractivity contribution in [1.82, 2.24) is 0 Å². The topological polar surface area (TPSA) is 237 Å². The Kier molecular flexibility index (Phi) is 78.6. The molecule has 0 amide bonds. The molecule has 19 heteroatoms. The largest absolute Gasteiger partial charge is 0.472 e. The van der Waals surface area contributed by atoms with Gasteiger partial charge in [0.15, 0.2) is 12.2 Å². The van der Waals surface area contributed by atoms with Crippen LogP contribution in [0.15, 0.2) is 0 Å². The first-order chi connectivity index (χ1) is 51.2. The molecule has 17 nitrogen and oxygen atoms in total. The summed E-state index contributed by atoms with van der Waals surface area (Å²) in [6.45, 7) is 5.04. The molecule has 0 aromatic carbocycles. The van der Waals surface area contributed by atoms with Gasteiger partial charge in [0.25, 0.3) is 0 Å². The lowest BCUT2D eigenvalue weighted by atomic mass is 10.0. The van der Waals surface area contributed by atoms with Crippen LogP contribution in [0.2, 0.25) is 0 Å². The number of hydrogen-bond donors (Lipinski definition) is 3. The molecule has 0 fully saturated rings. The average Bonchev–Trinajstić information content (AvgIpc) is 0.905. The number of phosphoric acid groups is 2. The van der Waals surface area contributed by atoms with Gasteiger partial charge in [-0.3, -0.25) is 37.3 Å². The fourth-order valence-electron chi connectivity index (χ4n) is 13.5. The molecule has 2 unspecified atom stereocenters. The second kappa shape index (κ2) is 80.1. The van der Waals surface area contributed by atoms with Crippen LogP contribution in [0.4, 0.5) is 0 Å². The van der Waals surface area contributed by atoms with E-state index in [0.717, 1.165) is 89.9 Å². The quantitative estimate of drug-likeness (QED) is 0.0222. The van der Waals surface area contributed by atoms with Crippen LogP contribution in [0.25, 0.3) is 0 Å². The fourth-order valence-corrected chi connectivity index (χ4v) is 15.1. The molecule has 5 atom stereocenters. The van der Waals surface area contributed by atoms with E-state index in [4.69, 9.17) is 37.0 Å². The molecule has 3 N–H and O–H groups in total. The van der Waals surface area contributed by atoms with Crippen LogP contribution in [0, 0.1) is 0 Å². The van der Waals surface area contributed by atoms with Gasteiger partial charge in [0.05, 0.1) is 26.4 Å². The average molecular weight is 1540 g/mol. The molecule has 0 bridgehead atoms. The lowest BCUT2D eigenvalue weighted by molar-refractivity contribution is -0.161. The van der Waals surface area contributed by atoms with Crippen LogP contribution in [-0.4, -0.2) is 96.7 Å². The van der Waals surface area contributed by atoms with Crippen molar-refractivity contribution in [3.05, 3.63) is 0 Å². The molecule has 624 valence electrons. The van der Waals surface area contributed by atoms with Crippen molar-refractivity contribution in [2.75, 3.05) is 39.6 Å². The maximum absolute atomic E-state index is 13.1. The van der Waals surface area contributed by atoms with E-state index < -0.39 is 97.5 Å². The standard InChI is InChI=1S/C86H168O17P2/c1-5-9-13-17-21-25-28-31-34-37-38-39-40-41-44-47-50-53-57-61-65-69-73-86(91)103-82(77-97-84(89)71-67-63-59-55-51-48-45-42-35-32-29-26-22-18-14-10-6-2)79-101-105(94,95)99-75-80(87)74-98-104(92,93)100-78-81(76-96-83(88)70-66-62-58-54-24-20-16-12-8-4)102-85(90)72-68-64-60-56-52-49-46-43-36-33-30-27-23-19-15-11-7-3/h80-82,87H,5-79H2,1-4H3,(H,92,93)(H,94,95)/t80-,81+,82+/m0/s1. The number of hydrogen-bond acceptors (Lipinski definition) is 15. The zero-order valence-electron chi connectivity index (χ0n) is 68.7. The Labute approximate surface area is 645 Å². The molecule has 0 radical (unpaired) electrons. The first-order valence-corrected chi connectivity index (χ1v) is 47.8. The van der Waals surface area contributed by atoms with E-state index in [9.17, 15) is 43.2 Å². The van der Waals surface area contributed by atoms with E-state index in [0.29, 0.717) is 25.7 Å². The van der Waals surface area contributed by atoms with E-state index >= 15 is 0 Å². The molecule has 0 saturated carbocycles. The number of ether oxygens (including phenoxy) is 4. The zero-order valence-corrected chi connectivity index (χ0v) is 70.5. The molecule has 0 heterocycles. The summed E-state index contributed by atoms with van der Waals surface area (Å²) in [6.07, 6.45) is 75.1. The van der Waals surface area contributed by atoms with Crippen molar-refractivity contribution >= 4 is 39.5 Å². The van der Waals surface area contributed by atoms with E-state index in [2.05, 4.69) is 27.7 Å². The highest BCUT2D eigenvalue weighted by molar-refractivity contribution is 7.47. The predicted molar refractivity (Wildman–Crippen MR) is 432 cm³/mol. The molecule has 0 aliphatic heterocycles. The lowest BCUT2D eigenvalue weighted by Gasteiger charge is -2.21. The Morgan fingerprint density at radius 1 is 0.229 bits per heavy atom. The number of phosphoric ester groups is 2. The maximum atomic E-state index is 13.1. The highest BCUT2D eigenvalue weighted by atomic mass is 31.2. The van der Waals surface area contributed by atoms with Crippen LogP contribution < -0.4 is 0 Å². The number of carbonyl (C=O) groups excluding carboxylic acids is 4. The Morgan fingerprint density at radius 2 is 0.381 bits per heavy atom. The summed E-state index contributed by atoms with van der Waals surface area (Å²) in [4.78, 5) is 73.2. The van der Waals surface area contributed by atoms with Gasteiger partial charge in [0.1, 0.15) is 19.3 Å². The molecule has 0 aliphatic carbocycles. The number of aliphatic hydroxyl groups is 1. The third-order valence-electron chi connectivity index (χ3n) is 20.4. The van der Waals surface area contributed by atoms with Crippen LogP contribution in [0.1, 0.15) is 471 Å². The minimum atomic E-state index is -4.96. The molecule has 0 rings (SSSR count). The summed E-state index contributed by atoms with van der Waals surface area (Å²) in [6, 6.07) is 0. The minimum absolute atomic E-state index is 0.109. The molecule has 0 aromatic rings. The molecular weight excluding hydrogens is 1370 g/mol. The van der Waals surface area contributed by atoms with Crippen molar-refractivity contribution in [3.8, 4) is 0 Å². The SMILES string of the molecule is CCCCCCCCCCCCCCCCCCCCCCCCC(=O)O[C@H](COC(=O)CCCCCCCCCCCCCCCCCCC)COP(=O)(O)OC[C@@H](O)COP(=O)(O)OC[C@@H](COC(=O)CCCCCCCCCCC)OC(=O)CCCCCCCCCCCCCCCCCCC. The normalized spacial score (nSPS) is 13.7. The summed E-state index contributed by atoms with van der Waals surface area (Å²) in [5.41, 5.74) is 0. The van der Waals surface area contributed by atoms with Gasteiger partial charge in [-0.15, -0.1) is 0 Å². The van der Waals surface area contributed by atoms with Gasteiger partial charge >= 0.3 is 39.5 Å². The van der Waals surface area contributed by atoms with Gasteiger partial charge in [-0.2, -0.15) is 0 Å². The van der Waals surface area contributed by atoms with Crippen LogP contribution in [0.5, 0.6) is 0 Å². The van der Waals surface area contributed by atoms with Gasteiger partial charge in [0, 0.05) is 25.7 Å². The Hall–Kier alpha value is -1.94. The first kappa shape index (κ1) is 103. The van der Waals surface area contributed by atoms with Gasteiger partial charge < -0.3 is 33.8 Å². The summed E-state index contributed by atoms with van der Waals surface area (Å²) >= 11 is 0. The predicted octanol–water partition coefficient (Wildman–Crippen LogP) is 26.5. The Morgan fingerprint density at radius 3 is 0.562 bits per heavy atom. The summed E-state index contributed by atoms with van der Waals surface area (Å²) in [7, 11) is -9.92. The third kappa shape index (κ3) is 79.9. The molecule has 0 spiro atoms. The minimum Gasteiger partial charge on any atom is -0.462 e. The monoisotopic (exact) mass is 1540 g/mol. The number of aliphatic hydroxyl groups excluding tert-OH is 1. The highest BCUT2D eigenvalue weighted by Gasteiger charge is 2.30. The number of rotatable bonds is 87. The highest BCUT2D eigenvalue weighted by Crippen LogP contribution is 2.45. The molecule has 0 saturated heterocycles. The Balaban J connectivity index is 5.19. The van der Waals surface area contributed by atoms with Gasteiger partial charge in [-0.25, -0.2) is 9.13 Å². The van der Waals surface area contributed by atoms with Gasteiger partial charge in [-0.1, -0.05) is 419 Å². The zero-order chi connectivity index (χ0) is 76.7. The van der Waals surface area contributed by atoms with Crippen molar-refractivity contribution in [2.24, 2.45) is 0 Å². The summed E-state index contributed by atoms with van der Waals surface area (Å²) in [5.74, 6) is -2.10. The van der Waals surface area contributed by atoms with E-state index in [-0.39, 0.29) is 25.7 Å². The van der Waals surface area contributed by atoms with Crippen LogP contribution in [-0.2, 0) is 65.4 Å². The smallest absolute Gasteiger partial charge is 0.462 e. The van der Waals surface area contributed by atoms with Gasteiger partial charge in [-0.05, 0) is 25.7 Å². The second-order valence-corrected chi connectivity index (χ2v) is 33.8. The van der Waals surface area contributed by atoms with Crippen molar-refractivity contribution in [3.63, 3.8) is 0 Å². The van der Waals surface area contributed by atoms with Gasteiger partial charge in [0.2, 0.25) is 0 Å². The van der Waals surface area contributed by atoms with E-state index in [1.807, 2.05) is 0 Å². The maximum Gasteiger partial charge on any atom is 0.472 e. The van der Waals surface area contributed by atoms with E-state index in [1.165, 1.54) is 302 Å². The molecule has 0 aliphatic rings. The number of carbonyl (C=O) groups is 4. The number of unbranched alkanes of at least 4 members (excludes halogenated alkanes) is 61. The molecule has 0 aromatic heterocycles. The summed E-state index contributed by atoms with van der Waals surface area (Å²) in [5, 5.41) is 10.7. The van der Waals surface area contributed by atoms with Crippen molar-refractivity contribution in [2.45, 2.75) is 489 Å². The molecular formula is C86H168O17P2. The first-order valence-electron chi connectivity index (χ1n) is 44.8. The third-order valence-corrected chi connectivity index (χ3v) is 22.3. The van der Waals surface area contributed by atoms with Crippen molar-refractivity contribution < 1.29 is 80.2 Å². The summed E-state index contributed by atoms with van der Waals surface area (Å²) < 4.78 is 68.9.